The highest BCUT2D eigenvalue weighted by Gasteiger charge is 2.16. The maximum absolute atomic E-state index is 12.2. The lowest BCUT2D eigenvalue weighted by atomic mass is 10.2. The zero-order chi connectivity index (χ0) is 14.1. The van der Waals surface area contributed by atoms with Crippen molar-refractivity contribution < 1.29 is 4.79 Å². The minimum Gasteiger partial charge on any atom is -0.397 e. The summed E-state index contributed by atoms with van der Waals surface area (Å²) >= 11 is 6.46. The molecule has 0 unspecified atom stereocenters. The van der Waals surface area contributed by atoms with E-state index in [4.69, 9.17) is 5.73 Å². The Hall–Kier alpha value is -1.37. The van der Waals surface area contributed by atoms with Crippen molar-refractivity contribution in [2.75, 3.05) is 5.73 Å². The molecule has 1 amide bonds. The number of nitrogens with two attached hydrogens (primary N) is 1. The first-order valence-electron chi connectivity index (χ1n) is 5.92. The highest BCUT2D eigenvalue weighted by Crippen LogP contribution is 2.35. The Bertz CT molecular complexity index is 765. The monoisotopic (exact) mass is 366 g/mol. The number of halogens is 1. The molecule has 102 valence electrons. The van der Waals surface area contributed by atoms with Crippen molar-refractivity contribution in [1.29, 1.82) is 0 Å². The highest BCUT2D eigenvalue weighted by atomic mass is 79.9. The van der Waals surface area contributed by atoms with Crippen LogP contribution in [0.15, 0.2) is 39.5 Å². The van der Waals surface area contributed by atoms with E-state index in [1.807, 2.05) is 35.0 Å². The van der Waals surface area contributed by atoms with E-state index in [1.165, 1.54) is 11.3 Å². The molecule has 0 aliphatic heterocycles. The van der Waals surface area contributed by atoms with Gasteiger partial charge in [0, 0.05) is 21.1 Å². The van der Waals surface area contributed by atoms with Gasteiger partial charge in [0.05, 0.1) is 5.69 Å². The lowest BCUT2D eigenvalue weighted by Crippen LogP contribution is -2.22. The van der Waals surface area contributed by atoms with Crippen LogP contribution in [0.1, 0.15) is 15.2 Å². The SMILES string of the molecule is Nc1c(C(=O)NCc2ccsc2)sc2cc(Br)ccc12. The number of benzene rings is 1. The van der Waals surface area contributed by atoms with E-state index in [0.717, 1.165) is 20.1 Å². The van der Waals surface area contributed by atoms with Crippen molar-refractivity contribution in [2.24, 2.45) is 0 Å². The van der Waals surface area contributed by atoms with E-state index in [1.54, 1.807) is 11.3 Å². The number of anilines is 1. The fourth-order valence-corrected chi connectivity index (χ4v) is 4.17. The molecule has 0 fully saturated rings. The predicted octanol–water partition coefficient (Wildman–Crippen LogP) is 4.24. The first-order chi connectivity index (χ1) is 9.65. The van der Waals surface area contributed by atoms with Crippen LogP contribution in [-0.4, -0.2) is 5.91 Å². The average molecular weight is 367 g/mol. The Labute approximate surface area is 132 Å². The molecule has 0 atom stereocenters. The molecule has 0 bridgehead atoms. The molecule has 6 heteroatoms. The number of nitrogens with one attached hydrogen (secondary N) is 1. The molecule has 0 radical (unpaired) electrons. The zero-order valence-electron chi connectivity index (χ0n) is 10.4. The highest BCUT2D eigenvalue weighted by molar-refractivity contribution is 9.10. The Balaban J connectivity index is 1.85. The molecule has 3 N–H and O–H groups in total. The van der Waals surface area contributed by atoms with Gasteiger partial charge in [-0.05, 0) is 34.5 Å². The molecular weight excluding hydrogens is 356 g/mol. The van der Waals surface area contributed by atoms with Gasteiger partial charge < -0.3 is 11.1 Å². The zero-order valence-corrected chi connectivity index (χ0v) is 13.6. The fourth-order valence-electron chi connectivity index (χ4n) is 1.91. The van der Waals surface area contributed by atoms with Crippen LogP contribution in [0.4, 0.5) is 5.69 Å². The number of amides is 1. The molecule has 2 heterocycles. The second-order valence-electron chi connectivity index (χ2n) is 4.30. The van der Waals surface area contributed by atoms with E-state index >= 15 is 0 Å². The van der Waals surface area contributed by atoms with Gasteiger partial charge in [0.15, 0.2) is 0 Å². The third-order valence-electron chi connectivity index (χ3n) is 2.93. The number of thiophene rings is 2. The number of rotatable bonds is 3. The van der Waals surface area contributed by atoms with Crippen LogP contribution in [0.5, 0.6) is 0 Å². The molecule has 20 heavy (non-hydrogen) atoms. The maximum atomic E-state index is 12.2. The van der Waals surface area contributed by atoms with E-state index in [-0.39, 0.29) is 5.91 Å². The lowest BCUT2D eigenvalue weighted by molar-refractivity contribution is 0.0956. The minimum absolute atomic E-state index is 0.119. The Morgan fingerprint density at radius 3 is 2.95 bits per heavy atom. The van der Waals surface area contributed by atoms with Crippen molar-refractivity contribution in [3.8, 4) is 0 Å². The third kappa shape index (κ3) is 2.59. The molecule has 0 spiro atoms. The summed E-state index contributed by atoms with van der Waals surface area (Å²) in [6, 6.07) is 7.84. The number of hydrogen-bond donors (Lipinski definition) is 2. The van der Waals surface area contributed by atoms with Crippen LogP contribution in [0.25, 0.3) is 10.1 Å². The van der Waals surface area contributed by atoms with E-state index < -0.39 is 0 Å². The average Bonchev–Trinajstić information content (AvgIpc) is 3.04. The molecule has 0 aliphatic carbocycles. The number of carbonyl (C=O) groups excluding carboxylic acids is 1. The van der Waals surface area contributed by atoms with Crippen LogP contribution in [0.2, 0.25) is 0 Å². The molecule has 1 aromatic carbocycles. The van der Waals surface area contributed by atoms with Gasteiger partial charge >= 0.3 is 0 Å². The summed E-state index contributed by atoms with van der Waals surface area (Å²) in [5.41, 5.74) is 7.73. The van der Waals surface area contributed by atoms with Gasteiger partial charge in [0.25, 0.3) is 5.91 Å². The van der Waals surface area contributed by atoms with Crippen LogP contribution in [0, 0.1) is 0 Å². The fraction of sp³-hybridized carbons (Fsp3) is 0.0714. The molecule has 3 rings (SSSR count). The van der Waals surface area contributed by atoms with Crippen molar-refractivity contribution in [3.05, 3.63) is 49.9 Å². The number of carbonyl (C=O) groups is 1. The van der Waals surface area contributed by atoms with Crippen LogP contribution in [-0.2, 0) is 6.54 Å². The van der Waals surface area contributed by atoms with Crippen molar-refractivity contribution in [3.63, 3.8) is 0 Å². The van der Waals surface area contributed by atoms with E-state index in [0.29, 0.717) is 17.1 Å². The van der Waals surface area contributed by atoms with Crippen LogP contribution in [0.3, 0.4) is 0 Å². The van der Waals surface area contributed by atoms with E-state index in [2.05, 4.69) is 21.2 Å². The minimum atomic E-state index is -0.119. The topological polar surface area (TPSA) is 55.1 Å². The standard InChI is InChI=1S/C14H11BrN2OS2/c15-9-1-2-10-11(5-9)20-13(12(10)16)14(18)17-6-8-3-4-19-7-8/h1-5,7H,6,16H2,(H,17,18). The van der Waals surface area contributed by atoms with E-state index in [9.17, 15) is 4.79 Å². The quantitative estimate of drug-likeness (QED) is 0.728. The molecule has 3 aromatic rings. The van der Waals surface area contributed by atoms with Gasteiger partial charge in [-0.25, -0.2) is 0 Å². The van der Waals surface area contributed by atoms with Gasteiger partial charge in [0.1, 0.15) is 4.88 Å². The Morgan fingerprint density at radius 2 is 2.20 bits per heavy atom. The first kappa shape index (κ1) is 13.6. The van der Waals surface area contributed by atoms with Gasteiger partial charge in [0.2, 0.25) is 0 Å². The normalized spacial score (nSPS) is 10.8. The van der Waals surface area contributed by atoms with Gasteiger partial charge in [-0.2, -0.15) is 11.3 Å². The smallest absolute Gasteiger partial charge is 0.263 e. The van der Waals surface area contributed by atoms with Crippen molar-refractivity contribution in [2.45, 2.75) is 6.54 Å². The molecule has 0 aliphatic rings. The molecular formula is C14H11BrN2OS2. The number of nitrogen functional groups attached to an aromatic ring is 1. The summed E-state index contributed by atoms with van der Waals surface area (Å²) in [5, 5.41) is 7.85. The summed E-state index contributed by atoms with van der Waals surface area (Å²) in [5.74, 6) is -0.119. The summed E-state index contributed by atoms with van der Waals surface area (Å²) in [6.45, 7) is 0.527. The molecule has 3 nitrogen and oxygen atoms in total. The largest absolute Gasteiger partial charge is 0.397 e. The van der Waals surface area contributed by atoms with Crippen molar-refractivity contribution >= 4 is 60.3 Å². The van der Waals surface area contributed by atoms with Gasteiger partial charge in [-0.15, -0.1) is 11.3 Å². The summed E-state index contributed by atoms with van der Waals surface area (Å²) in [7, 11) is 0. The Morgan fingerprint density at radius 1 is 1.35 bits per heavy atom. The maximum Gasteiger partial charge on any atom is 0.263 e. The van der Waals surface area contributed by atoms with Crippen molar-refractivity contribution in [1.82, 2.24) is 5.32 Å². The second-order valence-corrected chi connectivity index (χ2v) is 7.05. The predicted molar refractivity (Wildman–Crippen MR) is 89.4 cm³/mol. The summed E-state index contributed by atoms with van der Waals surface area (Å²) < 4.78 is 1.99. The third-order valence-corrected chi connectivity index (χ3v) is 5.32. The van der Waals surface area contributed by atoms with Gasteiger partial charge in [-0.1, -0.05) is 22.0 Å². The second kappa shape index (κ2) is 5.55. The summed E-state index contributed by atoms with van der Waals surface area (Å²) in [6.07, 6.45) is 0. The van der Waals surface area contributed by atoms with Gasteiger partial charge in [-0.3, -0.25) is 4.79 Å². The number of fused-ring (bicyclic) bond motifs is 1. The molecule has 0 saturated carbocycles. The molecule has 2 aromatic heterocycles. The molecule has 0 saturated heterocycles. The van der Waals surface area contributed by atoms with Crippen LogP contribution < -0.4 is 11.1 Å². The summed E-state index contributed by atoms with van der Waals surface area (Å²) in [4.78, 5) is 12.8. The first-order valence-corrected chi connectivity index (χ1v) is 8.47. The van der Waals surface area contributed by atoms with Crippen LogP contribution >= 0.6 is 38.6 Å². The Kier molecular flexibility index (Phi) is 3.78. The lowest BCUT2D eigenvalue weighted by Gasteiger charge is -2.02. The number of hydrogen-bond acceptors (Lipinski definition) is 4.